The van der Waals surface area contributed by atoms with E-state index in [1.54, 1.807) is 36.5 Å². The van der Waals surface area contributed by atoms with Gasteiger partial charge in [-0.1, -0.05) is 6.07 Å². The number of nitrogens with zero attached hydrogens (tertiary/aromatic N) is 6. The van der Waals surface area contributed by atoms with Crippen molar-refractivity contribution in [3.05, 3.63) is 54.4 Å². The molecule has 9 heteroatoms. The van der Waals surface area contributed by atoms with Gasteiger partial charge in [0.2, 0.25) is 17.7 Å². The smallest absolute Gasteiger partial charge is 0.243 e. The van der Waals surface area contributed by atoms with Crippen LogP contribution in [-0.4, -0.2) is 50.1 Å². The van der Waals surface area contributed by atoms with Crippen LogP contribution in [-0.2, 0) is 11.3 Å². The summed E-state index contributed by atoms with van der Waals surface area (Å²) in [4.78, 5) is 32.6. The molecule has 0 radical (unpaired) electrons. The number of carbonyl (C=O) groups excluding carboxylic acids is 1. The molecule has 1 aliphatic heterocycles. The first-order valence-electron chi connectivity index (χ1n) is 10.0. The van der Waals surface area contributed by atoms with Crippen molar-refractivity contribution < 1.29 is 9.53 Å². The van der Waals surface area contributed by atoms with Crippen molar-refractivity contribution in [1.82, 2.24) is 29.8 Å². The van der Waals surface area contributed by atoms with Crippen molar-refractivity contribution in [1.29, 1.82) is 0 Å². The second kappa shape index (κ2) is 8.89. The van der Waals surface area contributed by atoms with Gasteiger partial charge in [-0.15, -0.1) is 0 Å². The molecule has 4 rings (SSSR count). The zero-order valence-corrected chi connectivity index (χ0v) is 17.2. The zero-order chi connectivity index (χ0) is 20.9. The molecule has 0 bridgehead atoms. The molecule has 1 aliphatic rings. The van der Waals surface area contributed by atoms with Crippen LogP contribution in [0.15, 0.2) is 43.1 Å². The molecule has 1 atom stereocenters. The summed E-state index contributed by atoms with van der Waals surface area (Å²) in [6, 6.07) is 5.35. The molecule has 1 unspecified atom stereocenters. The highest BCUT2D eigenvalue weighted by Crippen LogP contribution is 2.25. The Labute approximate surface area is 175 Å². The molecule has 3 aromatic heterocycles. The van der Waals surface area contributed by atoms with Crippen LogP contribution in [0.5, 0.6) is 5.88 Å². The predicted octanol–water partition coefficient (Wildman–Crippen LogP) is 2.05. The summed E-state index contributed by atoms with van der Waals surface area (Å²) in [5, 5.41) is 3.04. The van der Waals surface area contributed by atoms with Crippen LogP contribution in [0, 0.1) is 6.92 Å². The molecule has 4 heterocycles. The number of hydrogen-bond donors (Lipinski definition) is 1. The van der Waals surface area contributed by atoms with Gasteiger partial charge in [-0.2, -0.15) is 4.98 Å². The van der Waals surface area contributed by atoms with E-state index in [0.29, 0.717) is 18.4 Å². The summed E-state index contributed by atoms with van der Waals surface area (Å²) in [6.07, 6.45) is 9.70. The van der Waals surface area contributed by atoms with Gasteiger partial charge in [-0.05, 0) is 31.7 Å². The lowest BCUT2D eigenvalue weighted by Crippen LogP contribution is -2.50. The predicted molar refractivity (Wildman–Crippen MR) is 112 cm³/mol. The van der Waals surface area contributed by atoms with Gasteiger partial charge < -0.3 is 15.0 Å². The second-order valence-electron chi connectivity index (χ2n) is 7.27. The number of carbonyl (C=O) groups is 1. The largest absolute Gasteiger partial charge is 0.481 e. The van der Waals surface area contributed by atoms with Gasteiger partial charge >= 0.3 is 0 Å². The molecule has 156 valence electrons. The third-order valence-electron chi connectivity index (χ3n) is 5.14. The number of ether oxygens (including phenoxy) is 1. The summed E-state index contributed by atoms with van der Waals surface area (Å²) in [5.41, 5.74) is 1.77. The molecule has 0 spiro atoms. The minimum atomic E-state index is -0.269. The number of piperidine rings is 1. The standard InChI is InChI=1S/C21H25N7O2/c1-15-11-18(26-21(25-15)27-10-8-22-14-27)28-9-4-3-5-17(28)20(29)24-13-16-6-7-19(30-2)23-12-16/h6-8,10-12,14,17H,3-5,9,13H2,1-2H3,(H,24,29). The lowest BCUT2D eigenvalue weighted by atomic mass is 10.0. The topological polar surface area (TPSA) is 98.1 Å². The summed E-state index contributed by atoms with van der Waals surface area (Å²) in [5.74, 6) is 1.86. The first-order valence-corrected chi connectivity index (χ1v) is 10.0. The fraction of sp³-hybridized carbons (Fsp3) is 0.381. The summed E-state index contributed by atoms with van der Waals surface area (Å²) in [7, 11) is 1.58. The molecule has 1 amide bonds. The lowest BCUT2D eigenvalue weighted by molar-refractivity contribution is -0.123. The Morgan fingerprint density at radius 2 is 2.20 bits per heavy atom. The second-order valence-corrected chi connectivity index (χ2v) is 7.27. The number of hydrogen-bond acceptors (Lipinski definition) is 7. The number of aryl methyl sites for hydroxylation is 1. The van der Waals surface area contributed by atoms with Gasteiger partial charge in [-0.3, -0.25) is 9.36 Å². The van der Waals surface area contributed by atoms with Crippen LogP contribution in [0.4, 0.5) is 5.82 Å². The molecule has 1 saturated heterocycles. The molecule has 1 N–H and O–H groups in total. The maximum atomic E-state index is 13.0. The number of amides is 1. The van der Waals surface area contributed by atoms with Crippen LogP contribution in [0.25, 0.3) is 5.95 Å². The number of nitrogens with one attached hydrogen (secondary N) is 1. The average Bonchev–Trinajstić information content (AvgIpc) is 3.32. The van der Waals surface area contributed by atoms with Crippen LogP contribution in [0.3, 0.4) is 0 Å². The van der Waals surface area contributed by atoms with E-state index >= 15 is 0 Å². The van der Waals surface area contributed by atoms with Crippen molar-refractivity contribution in [2.45, 2.75) is 38.8 Å². The Hall–Kier alpha value is -3.49. The SMILES string of the molecule is COc1ccc(CNC(=O)C2CCCCN2c2cc(C)nc(-n3ccnc3)n2)cn1. The van der Waals surface area contributed by atoms with E-state index < -0.39 is 0 Å². The normalized spacial score (nSPS) is 16.3. The fourth-order valence-corrected chi connectivity index (χ4v) is 3.60. The van der Waals surface area contributed by atoms with E-state index in [-0.39, 0.29) is 11.9 Å². The number of anilines is 1. The van der Waals surface area contributed by atoms with Crippen LogP contribution in [0.2, 0.25) is 0 Å². The Bertz CT molecular complexity index is 989. The van der Waals surface area contributed by atoms with Gasteiger partial charge in [0.15, 0.2) is 0 Å². The molecular formula is C21H25N7O2. The molecule has 30 heavy (non-hydrogen) atoms. The van der Waals surface area contributed by atoms with Crippen LogP contribution < -0.4 is 15.0 Å². The van der Waals surface area contributed by atoms with Gasteiger partial charge in [0, 0.05) is 49.5 Å². The Morgan fingerprint density at radius 3 is 2.93 bits per heavy atom. The highest BCUT2D eigenvalue weighted by molar-refractivity contribution is 5.85. The highest BCUT2D eigenvalue weighted by Gasteiger charge is 2.30. The summed E-state index contributed by atoms with van der Waals surface area (Å²) >= 11 is 0. The molecular weight excluding hydrogens is 382 g/mol. The van der Waals surface area contributed by atoms with Crippen molar-refractivity contribution >= 4 is 11.7 Å². The molecule has 0 aromatic carbocycles. The Balaban J connectivity index is 1.50. The zero-order valence-electron chi connectivity index (χ0n) is 17.2. The van der Waals surface area contributed by atoms with E-state index in [9.17, 15) is 4.79 Å². The van der Waals surface area contributed by atoms with E-state index in [2.05, 4.69) is 25.2 Å². The molecule has 0 saturated carbocycles. The van der Waals surface area contributed by atoms with Crippen LogP contribution in [0.1, 0.15) is 30.5 Å². The number of pyridine rings is 1. The average molecular weight is 407 g/mol. The number of methoxy groups -OCH3 is 1. The maximum Gasteiger partial charge on any atom is 0.243 e. The van der Waals surface area contributed by atoms with Gasteiger partial charge in [0.1, 0.15) is 18.2 Å². The van der Waals surface area contributed by atoms with Gasteiger partial charge in [-0.25, -0.2) is 15.0 Å². The summed E-state index contributed by atoms with van der Waals surface area (Å²) in [6.45, 7) is 3.13. The van der Waals surface area contributed by atoms with E-state index in [1.807, 2.05) is 25.3 Å². The van der Waals surface area contributed by atoms with E-state index in [1.165, 1.54) is 0 Å². The number of imidazole rings is 1. The van der Waals surface area contributed by atoms with Gasteiger partial charge in [0.05, 0.1) is 7.11 Å². The molecule has 0 aliphatic carbocycles. The quantitative estimate of drug-likeness (QED) is 0.668. The first kappa shape index (κ1) is 19.8. The van der Waals surface area contributed by atoms with Crippen molar-refractivity contribution in [2.24, 2.45) is 0 Å². The van der Waals surface area contributed by atoms with Crippen molar-refractivity contribution in [3.8, 4) is 11.8 Å². The van der Waals surface area contributed by atoms with Crippen molar-refractivity contribution in [3.63, 3.8) is 0 Å². The Kier molecular flexibility index (Phi) is 5.87. The fourth-order valence-electron chi connectivity index (χ4n) is 3.60. The van der Waals surface area contributed by atoms with E-state index in [4.69, 9.17) is 9.72 Å². The number of rotatable bonds is 6. The first-order chi connectivity index (χ1) is 14.6. The third kappa shape index (κ3) is 4.40. The third-order valence-corrected chi connectivity index (χ3v) is 5.14. The maximum absolute atomic E-state index is 13.0. The minimum absolute atomic E-state index is 0.00837. The molecule has 3 aromatic rings. The lowest BCUT2D eigenvalue weighted by Gasteiger charge is -2.35. The summed E-state index contributed by atoms with van der Waals surface area (Å²) < 4.78 is 6.85. The highest BCUT2D eigenvalue weighted by atomic mass is 16.5. The van der Waals surface area contributed by atoms with Crippen LogP contribution >= 0.6 is 0 Å². The Morgan fingerprint density at radius 1 is 1.30 bits per heavy atom. The van der Waals surface area contributed by atoms with E-state index in [0.717, 1.165) is 42.9 Å². The minimum Gasteiger partial charge on any atom is -0.481 e. The number of aromatic nitrogens is 5. The molecule has 1 fully saturated rings. The van der Waals surface area contributed by atoms with Crippen molar-refractivity contribution in [2.75, 3.05) is 18.6 Å². The molecule has 9 nitrogen and oxygen atoms in total. The monoisotopic (exact) mass is 407 g/mol. The van der Waals surface area contributed by atoms with Gasteiger partial charge in [0.25, 0.3) is 0 Å².